The Morgan fingerprint density at radius 3 is 2.50 bits per heavy atom. The van der Waals surface area contributed by atoms with Gasteiger partial charge in [-0.25, -0.2) is 0 Å². The van der Waals surface area contributed by atoms with Crippen molar-refractivity contribution in [2.24, 2.45) is 0 Å². The lowest BCUT2D eigenvalue weighted by Crippen LogP contribution is -2.28. The van der Waals surface area contributed by atoms with Gasteiger partial charge in [0.25, 0.3) is 0 Å². The van der Waals surface area contributed by atoms with E-state index in [4.69, 9.17) is 5.11 Å². The zero-order valence-corrected chi connectivity index (χ0v) is 8.47. The van der Waals surface area contributed by atoms with Crippen LogP contribution in [-0.4, -0.2) is 24.2 Å². The number of hydrogen-bond acceptors (Lipinski definition) is 2. The third-order valence-corrected chi connectivity index (χ3v) is 1.99. The van der Waals surface area contributed by atoms with Crippen molar-refractivity contribution >= 4 is 11.6 Å². The molecular weight excluding hydrogens is 178 g/mol. The van der Waals surface area contributed by atoms with Gasteiger partial charge >= 0.3 is 0 Å². The van der Waals surface area contributed by atoms with Crippen LogP contribution in [0, 0.1) is 0 Å². The maximum absolute atomic E-state index is 11.5. The summed E-state index contributed by atoms with van der Waals surface area (Å²) in [5.74, 6) is -0.0776. The first-order chi connectivity index (χ1) is 6.61. The highest BCUT2D eigenvalue weighted by Gasteiger charge is 2.12. The first kappa shape index (κ1) is 10.7. The van der Waals surface area contributed by atoms with Gasteiger partial charge in [0.15, 0.2) is 0 Å². The maximum atomic E-state index is 11.5. The lowest BCUT2D eigenvalue weighted by molar-refractivity contribution is -0.119. The second-order valence-electron chi connectivity index (χ2n) is 3.34. The standard InChI is InChI=1S/C11H15NO2/c1-9(13)8-11(14)12(2)10-6-4-3-5-7-10/h3-7,9,13H,8H2,1-2H3. The van der Waals surface area contributed by atoms with Crippen molar-refractivity contribution in [2.75, 3.05) is 11.9 Å². The van der Waals surface area contributed by atoms with E-state index in [1.165, 1.54) is 0 Å². The Bertz CT molecular complexity index is 295. The molecular formula is C11H15NO2. The summed E-state index contributed by atoms with van der Waals surface area (Å²) in [5, 5.41) is 9.07. The van der Waals surface area contributed by atoms with E-state index in [0.717, 1.165) is 5.69 Å². The molecule has 0 aromatic heterocycles. The number of carbonyl (C=O) groups is 1. The molecule has 0 saturated carbocycles. The first-order valence-electron chi connectivity index (χ1n) is 4.61. The van der Waals surface area contributed by atoms with Gasteiger partial charge in [0.05, 0.1) is 12.5 Å². The fourth-order valence-electron chi connectivity index (χ4n) is 1.19. The predicted octanol–water partition coefficient (Wildman–Crippen LogP) is 1.42. The van der Waals surface area contributed by atoms with E-state index >= 15 is 0 Å². The number of amides is 1. The Morgan fingerprint density at radius 1 is 1.43 bits per heavy atom. The molecule has 1 aromatic rings. The molecule has 3 heteroatoms. The van der Waals surface area contributed by atoms with E-state index in [9.17, 15) is 4.79 Å². The summed E-state index contributed by atoms with van der Waals surface area (Å²) in [5.41, 5.74) is 0.846. The zero-order valence-electron chi connectivity index (χ0n) is 8.47. The molecule has 1 unspecified atom stereocenters. The minimum atomic E-state index is -0.589. The average Bonchev–Trinajstić information content (AvgIpc) is 2.17. The minimum absolute atomic E-state index is 0.0776. The number of anilines is 1. The smallest absolute Gasteiger partial charge is 0.229 e. The van der Waals surface area contributed by atoms with E-state index < -0.39 is 6.10 Å². The summed E-state index contributed by atoms with van der Waals surface area (Å²) in [6, 6.07) is 9.37. The van der Waals surface area contributed by atoms with E-state index in [1.54, 1.807) is 18.9 Å². The fourth-order valence-corrected chi connectivity index (χ4v) is 1.19. The highest BCUT2D eigenvalue weighted by Crippen LogP contribution is 2.12. The summed E-state index contributed by atoms with van der Waals surface area (Å²) in [7, 11) is 1.71. The van der Waals surface area contributed by atoms with Crippen LogP contribution in [0.1, 0.15) is 13.3 Å². The van der Waals surface area contributed by atoms with Crippen LogP contribution in [0.15, 0.2) is 30.3 Å². The second-order valence-corrected chi connectivity index (χ2v) is 3.34. The van der Waals surface area contributed by atoms with Crippen molar-refractivity contribution in [1.82, 2.24) is 0 Å². The van der Waals surface area contributed by atoms with Gasteiger partial charge in [0.1, 0.15) is 0 Å². The molecule has 1 rings (SSSR count). The Labute approximate surface area is 84.0 Å². The number of carbonyl (C=O) groups excluding carboxylic acids is 1. The number of benzene rings is 1. The highest BCUT2D eigenvalue weighted by atomic mass is 16.3. The molecule has 0 heterocycles. The molecule has 0 aliphatic carbocycles. The zero-order chi connectivity index (χ0) is 10.6. The molecule has 0 bridgehead atoms. The molecule has 0 aliphatic rings. The molecule has 1 amide bonds. The molecule has 1 N–H and O–H groups in total. The van der Waals surface area contributed by atoms with Crippen LogP contribution in [0.2, 0.25) is 0 Å². The Kier molecular flexibility index (Phi) is 3.65. The lowest BCUT2D eigenvalue weighted by atomic mass is 10.2. The molecule has 3 nitrogen and oxygen atoms in total. The molecule has 1 aromatic carbocycles. The molecule has 0 saturated heterocycles. The SMILES string of the molecule is CC(O)CC(=O)N(C)c1ccccc1. The Morgan fingerprint density at radius 2 is 2.00 bits per heavy atom. The largest absolute Gasteiger partial charge is 0.393 e. The fraction of sp³-hybridized carbons (Fsp3) is 0.364. The van der Waals surface area contributed by atoms with Gasteiger partial charge in [-0.15, -0.1) is 0 Å². The van der Waals surface area contributed by atoms with Crippen molar-refractivity contribution < 1.29 is 9.90 Å². The number of hydrogen-bond donors (Lipinski definition) is 1. The van der Waals surface area contributed by atoms with Crippen LogP contribution >= 0.6 is 0 Å². The number of aliphatic hydroxyl groups excluding tert-OH is 1. The van der Waals surface area contributed by atoms with Gasteiger partial charge < -0.3 is 10.0 Å². The summed E-state index contributed by atoms with van der Waals surface area (Å²) < 4.78 is 0. The van der Waals surface area contributed by atoms with Gasteiger partial charge in [-0.3, -0.25) is 4.79 Å². The number of para-hydroxylation sites is 1. The average molecular weight is 193 g/mol. The second kappa shape index (κ2) is 4.77. The van der Waals surface area contributed by atoms with Crippen LogP contribution in [0.5, 0.6) is 0 Å². The minimum Gasteiger partial charge on any atom is -0.393 e. The summed E-state index contributed by atoms with van der Waals surface area (Å²) >= 11 is 0. The highest BCUT2D eigenvalue weighted by molar-refractivity contribution is 5.92. The molecule has 14 heavy (non-hydrogen) atoms. The van der Waals surface area contributed by atoms with Crippen LogP contribution < -0.4 is 4.90 Å². The molecule has 0 radical (unpaired) electrons. The molecule has 0 spiro atoms. The number of nitrogens with zero attached hydrogens (tertiary/aromatic N) is 1. The van der Waals surface area contributed by atoms with Gasteiger partial charge in [-0.1, -0.05) is 18.2 Å². The number of aliphatic hydroxyl groups is 1. The molecule has 0 aliphatic heterocycles. The van der Waals surface area contributed by atoms with Crippen LogP contribution in [-0.2, 0) is 4.79 Å². The van der Waals surface area contributed by atoms with E-state index in [1.807, 2.05) is 30.3 Å². The summed E-state index contributed by atoms with van der Waals surface area (Å²) in [6.07, 6.45) is -0.431. The van der Waals surface area contributed by atoms with Crippen molar-refractivity contribution in [1.29, 1.82) is 0 Å². The maximum Gasteiger partial charge on any atom is 0.229 e. The van der Waals surface area contributed by atoms with E-state index in [-0.39, 0.29) is 12.3 Å². The quantitative estimate of drug-likeness (QED) is 0.788. The van der Waals surface area contributed by atoms with Crippen molar-refractivity contribution in [2.45, 2.75) is 19.4 Å². The lowest BCUT2D eigenvalue weighted by Gasteiger charge is -2.17. The van der Waals surface area contributed by atoms with Crippen LogP contribution in [0.25, 0.3) is 0 Å². The molecule has 1 atom stereocenters. The van der Waals surface area contributed by atoms with Crippen LogP contribution in [0.4, 0.5) is 5.69 Å². The van der Waals surface area contributed by atoms with Crippen LogP contribution in [0.3, 0.4) is 0 Å². The van der Waals surface area contributed by atoms with Crippen molar-refractivity contribution in [3.63, 3.8) is 0 Å². The van der Waals surface area contributed by atoms with Gasteiger partial charge in [-0.05, 0) is 19.1 Å². The molecule has 76 valence electrons. The third kappa shape index (κ3) is 2.85. The summed E-state index contributed by atoms with van der Waals surface area (Å²) in [6.45, 7) is 1.61. The molecule has 0 fully saturated rings. The van der Waals surface area contributed by atoms with Gasteiger partial charge in [0, 0.05) is 12.7 Å². The van der Waals surface area contributed by atoms with Crippen molar-refractivity contribution in [3.05, 3.63) is 30.3 Å². The normalized spacial score (nSPS) is 12.2. The summed E-state index contributed by atoms with van der Waals surface area (Å²) in [4.78, 5) is 13.1. The first-order valence-corrected chi connectivity index (χ1v) is 4.61. The monoisotopic (exact) mass is 193 g/mol. The van der Waals surface area contributed by atoms with Crippen molar-refractivity contribution in [3.8, 4) is 0 Å². The predicted molar refractivity (Wildman–Crippen MR) is 56.1 cm³/mol. The van der Waals surface area contributed by atoms with Gasteiger partial charge in [0.2, 0.25) is 5.91 Å². The Hall–Kier alpha value is -1.35. The van der Waals surface area contributed by atoms with E-state index in [2.05, 4.69) is 0 Å². The van der Waals surface area contributed by atoms with Gasteiger partial charge in [-0.2, -0.15) is 0 Å². The third-order valence-electron chi connectivity index (χ3n) is 1.99. The Balaban J connectivity index is 2.66. The van der Waals surface area contributed by atoms with E-state index in [0.29, 0.717) is 0 Å². The topological polar surface area (TPSA) is 40.5 Å². The number of rotatable bonds is 3.